The fourth-order valence-electron chi connectivity index (χ4n) is 3.84. The number of halogens is 1. The number of nitrogens with zero attached hydrogens (tertiary/aromatic N) is 3. The van der Waals surface area contributed by atoms with Crippen molar-refractivity contribution >= 4 is 5.91 Å². The zero-order chi connectivity index (χ0) is 16.7. The molecule has 0 saturated heterocycles. The number of rotatable bonds is 6. The first-order chi connectivity index (χ1) is 11.6. The summed E-state index contributed by atoms with van der Waals surface area (Å²) in [5, 5.41) is 4.44. The van der Waals surface area contributed by atoms with E-state index in [1.165, 1.54) is 18.5 Å². The zero-order valence-corrected chi connectivity index (χ0v) is 14.3. The molecule has 1 aromatic heterocycles. The Hall–Kier alpha value is -1.43. The Kier molecular flexibility index (Phi) is 4.11. The van der Waals surface area contributed by atoms with E-state index in [1.807, 2.05) is 10.9 Å². The van der Waals surface area contributed by atoms with Crippen molar-refractivity contribution in [1.29, 1.82) is 0 Å². The van der Waals surface area contributed by atoms with E-state index in [-0.39, 0.29) is 11.8 Å². The third-order valence-electron chi connectivity index (χ3n) is 5.63. The van der Waals surface area contributed by atoms with Crippen molar-refractivity contribution in [1.82, 2.24) is 14.7 Å². The molecule has 132 valence electrons. The molecular formula is C18H26FN3O2. The van der Waals surface area contributed by atoms with Gasteiger partial charge in [-0.15, -0.1) is 0 Å². The summed E-state index contributed by atoms with van der Waals surface area (Å²) in [5.74, 6) is 0.462. The van der Waals surface area contributed by atoms with Crippen LogP contribution in [0, 0.1) is 5.92 Å². The minimum absolute atomic E-state index is 0.0857. The van der Waals surface area contributed by atoms with Crippen LogP contribution in [0.15, 0.2) is 6.20 Å². The zero-order valence-electron chi connectivity index (χ0n) is 14.3. The SMILES string of the molecule is CCn1ncc2c1C(COCC1CC1)CN(C(=O)C1(F)CCC1)C2. The third kappa shape index (κ3) is 2.85. The van der Waals surface area contributed by atoms with Crippen molar-refractivity contribution < 1.29 is 13.9 Å². The van der Waals surface area contributed by atoms with Crippen LogP contribution in [0.1, 0.15) is 56.2 Å². The molecule has 1 unspecified atom stereocenters. The summed E-state index contributed by atoms with van der Waals surface area (Å²) in [6, 6.07) is 0. The number of hydrogen-bond acceptors (Lipinski definition) is 3. The van der Waals surface area contributed by atoms with Gasteiger partial charge >= 0.3 is 0 Å². The maximum Gasteiger partial charge on any atom is 0.260 e. The Balaban J connectivity index is 1.51. The highest BCUT2D eigenvalue weighted by molar-refractivity contribution is 5.86. The molecule has 6 heteroatoms. The van der Waals surface area contributed by atoms with Crippen LogP contribution in [-0.2, 0) is 22.6 Å². The van der Waals surface area contributed by atoms with Gasteiger partial charge in [0.15, 0.2) is 5.67 Å². The molecule has 0 N–H and O–H groups in total. The van der Waals surface area contributed by atoms with E-state index in [2.05, 4.69) is 12.0 Å². The van der Waals surface area contributed by atoms with Crippen LogP contribution in [-0.4, -0.2) is 46.0 Å². The van der Waals surface area contributed by atoms with Crippen molar-refractivity contribution in [2.24, 2.45) is 5.92 Å². The number of fused-ring (bicyclic) bond motifs is 1. The molecule has 0 aromatic carbocycles. The highest BCUT2D eigenvalue weighted by Gasteiger charge is 2.48. The molecule has 2 fully saturated rings. The van der Waals surface area contributed by atoms with Gasteiger partial charge in [0.1, 0.15) is 0 Å². The van der Waals surface area contributed by atoms with Crippen molar-refractivity contribution in [3.8, 4) is 0 Å². The highest BCUT2D eigenvalue weighted by Crippen LogP contribution is 2.40. The first-order valence-electron chi connectivity index (χ1n) is 9.21. The molecule has 1 aromatic rings. The van der Waals surface area contributed by atoms with Crippen LogP contribution in [0.2, 0.25) is 0 Å². The fraction of sp³-hybridized carbons (Fsp3) is 0.778. The third-order valence-corrected chi connectivity index (χ3v) is 5.63. The van der Waals surface area contributed by atoms with Gasteiger partial charge in [-0.25, -0.2) is 4.39 Å². The molecule has 3 aliphatic rings. The van der Waals surface area contributed by atoms with Gasteiger partial charge in [0, 0.05) is 37.7 Å². The fourth-order valence-corrected chi connectivity index (χ4v) is 3.84. The van der Waals surface area contributed by atoms with Crippen LogP contribution in [0.5, 0.6) is 0 Å². The summed E-state index contributed by atoms with van der Waals surface area (Å²) in [5.41, 5.74) is 0.579. The topological polar surface area (TPSA) is 47.4 Å². The summed E-state index contributed by atoms with van der Waals surface area (Å²) in [7, 11) is 0. The Morgan fingerprint density at radius 3 is 2.83 bits per heavy atom. The van der Waals surface area contributed by atoms with Gasteiger partial charge in [-0.3, -0.25) is 9.48 Å². The number of hydrogen-bond donors (Lipinski definition) is 0. The van der Waals surface area contributed by atoms with Gasteiger partial charge in [-0.2, -0.15) is 5.10 Å². The molecule has 0 spiro atoms. The van der Waals surface area contributed by atoms with Crippen LogP contribution >= 0.6 is 0 Å². The number of alkyl halides is 1. The minimum Gasteiger partial charge on any atom is -0.380 e. The molecule has 0 radical (unpaired) electrons. The minimum atomic E-state index is -1.63. The predicted molar refractivity (Wildman–Crippen MR) is 87.3 cm³/mol. The molecule has 0 bridgehead atoms. The van der Waals surface area contributed by atoms with Crippen molar-refractivity contribution in [3.05, 3.63) is 17.5 Å². The molecule has 24 heavy (non-hydrogen) atoms. The number of aromatic nitrogens is 2. The van der Waals surface area contributed by atoms with Gasteiger partial charge in [0.25, 0.3) is 5.91 Å². The van der Waals surface area contributed by atoms with Gasteiger partial charge in [0.05, 0.1) is 18.5 Å². The lowest BCUT2D eigenvalue weighted by Crippen LogP contribution is -2.52. The second-order valence-electron chi connectivity index (χ2n) is 7.55. The van der Waals surface area contributed by atoms with Gasteiger partial charge in [-0.05, 0) is 44.9 Å². The van der Waals surface area contributed by atoms with Crippen LogP contribution in [0.3, 0.4) is 0 Å². The monoisotopic (exact) mass is 335 g/mol. The van der Waals surface area contributed by atoms with Gasteiger partial charge in [-0.1, -0.05) is 0 Å². The van der Waals surface area contributed by atoms with Crippen molar-refractivity contribution in [2.75, 3.05) is 19.8 Å². The smallest absolute Gasteiger partial charge is 0.260 e. The van der Waals surface area contributed by atoms with E-state index in [4.69, 9.17) is 4.74 Å². The van der Waals surface area contributed by atoms with E-state index in [0.717, 1.165) is 25.1 Å². The molecule has 4 rings (SSSR count). The van der Waals surface area contributed by atoms with Crippen LogP contribution in [0.4, 0.5) is 4.39 Å². The summed E-state index contributed by atoms with van der Waals surface area (Å²) in [6.07, 6.45) is 5.90. The van der Waals surface area contributed by atoms with Crippen molar-refractivity contribution in [3.63, 3.8) is 0 Å². The molecular weight excluding hydrogens is 309 g/mol. The number of amides is 1. The number of carbonyl (C=O) groups excluding carboxylic acids is 1. The molecule has 1 atom stereocenters. The quantitative estimate of drug-likeness (QED) is 0.803. The lowest BCUT2D eigenvalue weighted by molar-refractivity contribution is -0.151. The Labute approximate surface area is 142 Å². The highest BCUT2D eigenvalue weighted by atomic mass is 19.1. The molecule has 2 saturated carbocycles. The first kappa shape index (κ1) is 16.1. The Morgan fingerprint density at radius 2 is 2.21 bits per heavy atom. The average molecular weight is 335 g/mol. The largest absolute Gasteiger partial charge is 0.380 e. The number of ether oxygens (including phenoxy) is 1. The summed E-state index contributed by atoms with van der Waals surface area (Å²) in [4.78, 5) is 14.3. The van der Waals surface area contributed by atoms with E-state index >= 15 is 0 Å². The van der Waals surface area contributed by atoms with E-state index in [0.29, 0.717) is 38.5 Å². The summed E-state index contributed by atoms with van der Waals surface area (Å²) < 4.78 is 22.5. The first-order valence-corrected chi connectivity index (χ1v) is 9.21. The van der Waals surface area contributed by atoms with Crippen molar-refractivity contribution in [2.45, 2.75) is 63.7 Å². The molecule has 5 nitrogen and oxygen atoms in total. The average Bonchev–Trinajstić information content (AvgIpc) is 3.28. The van der Waals surface area contributed by atoms with Gasteiger partial charge in [0.2, 0.25) is 0 Å². The van der Waals surface area contributed by atoms with Crippen LogP contribution < -0.4 is 0 Å². The lowest BCUT2D eigenvalue weighted by Gasteiger charge is -2.40. The lowest BCUT2D eigenvalue weighted by atomic mass is 9.80. The summed E-state index contributed by atoms with van der Waals surface area (Å²) >= 11 is 0. The van der Waals surface area contributed by atoms with E-state index < -0.39 is 5.67 Å². The van der Waals surface area contributed by atoms with E-state index in [9.17, 15) is 9.18 Å². The summed E-state index contributed by atoms with van der Waals surface area (Å²) in [6.45, 7) is 5.26. The van der Waals surface area contributed by atoms with E-state index in [1.54, 1.807) is 4.90 Å². The Morgan fingerprint density at radius 1 is 1.42 bits per heavy atom. The maximum atomic E-state index is 14.6. The molecule has 1 aliphatic heterocycles. The second-order valence-corrected chi connectivity index (χ2v) is 7.55. The molecule has 2 aliphatic carbocycles. The van der Waals surface area contributed by atoms with Crippen LogP contribution in [0.25, 0.3) is 0 Å². The number of carbonyl (C=O) groups is 1. The van der Waals surface area contributed by atoms with Gasteiger partial charge < -0.3 is 9.64 Å². The predicted octanol–water partition coefficient (Wildman–Crippen LogP) is 2.65. The standard InChI is InChI=1S/C18H26FN3O2/c1-2-22-16-14(8-20-22)9-21(17(23)18(19)6-3-7-18)10-15(16)12-24-11-13-4-5-13/h8,13,15H,2-7,9-12H2,1H3. The molecule has 2 heterocycles. The maximum absolute atomic E-state index is 14.6. The molecule has 1 amide bonds. The Bertz CT molecular complexity index is 622. The normalized spacial score (nSPS) is 25.2. The number of aryl methyl sites for hydroxylation is 1. The second kappa shape index (κ2) is 6.14.